The second-order valence-corrected chi connectivity index (χ2v) is 8.35. The van der Waals surface area contributed by atoms with Gasteiger partial charge in [0.25, 0.3) is 0 Å². The lowest BCUT2D eigenvalue weighted by atomic mass is 10.1. The van der Waals surface area contributed by atoms with Gasteiger partial charge < -0.3 is 5.32 Å². The second kappa shape index (κ2) is 7.83. The predicted octanol–water partition coefficient (Wildman–Crippen LogP) is 5.23. The summed E-state index contributed by atoms with van der Waals surface area (Å²) in [6, 6.07) is 16.2. The van der Waals surface area contributed by atoms with Crippen molar-refractivity contribution in [1.82, 2.24) is 10.3 Å². The fourth-order valence-corrected chi connectivity index (χ4v) is 4.34. The molecule has 5 heteroatoms. The number of nitrogens with zero attached hydrogens (tertiary/aromatic N) is 1. The first kappa shape index (κ1) is 18.2. The molecule has 1 amide bonds. The van der Waals surface area contributed by atoms with Gasteiger partial charge in [0.2, 0.25) is 5.91 Å². The largest absolute Gasteiger partial charge is 0.355 e. The molecule has 4 rings (SSSR count). The molecule has 0 saturated heterocycles. The Bertz CT molecular complexity index is 951. The summed E-state index contributed by atoms with van der Waals surface area (Å²) in [6.07, 6.45) is 1.66. The molecule has 1 N–H and O–H groups in total. The SMILES string of the molecule is Cc1ccc(-c2nc(CCNC(=O)C3CC3c3cccc(Cl)c3)cs2)cc1. The normalized spacial score (nSPS) is 18.3. The molecular formula is C22H21ClN2OS. The van der Waals surface area contributed by atoms with Gasteiger partial charge in [-0.25, -0.2) is 4.98 Å². The molecule has 1 aromatic heterocycles. The third kappa shape index (κ3) is 4.40. The van der Waals surface area contributed by atoms with Gasteiger partial charge in [-0.1, -0.05) is 53.6 Å². The molecule has 1 fully saturated rings. The van der Waals surface area contributed by atoms with Crippen LogP contribution in [0.25, 0.3) is 10.6 Å². The topological polar surface area (TPSA) is 42.0 Å². The number of hydrogen-bond acceptors (Lipinski definition) is 3. The van der Waals surface area contributed by atoms with E-state index in [4.69, 9.17) is 16.6 Å². The van der Waals surface area contributed by atoms with Crippen LogP contribution < -0.4 is 5.32 Å². The summed E-state index contributed by atoms with van der Waals surface area (Å²) in [6.45, 7) is 2.70. The van der Waals surface area contributed by atoms with E-state index in [-0.39, 0.29) is 11.8 Å². The highest BCUT2D eigenvalue weighted by Crippen LogP contribution is 2.47. The summed E-state index contributed by atoms with van der Waals surface area (Å²) < 4.78 is 0. The first-order valence-corrected chi connectivity index (χ1v) is 10.4. The zero-order valence-corrected chi connectivity index (χ0v) is 16.7. The Labute approximate surface area is 168 Å². The van der Waals surface area contributed by atoms with Crippen molar-refractivity contribution in [2.45, 2.75) is 25.7 Å². The molecule has 1 heterocycles. The van der Waals surface area contributed by atoms with E-state index in [0.29, 0.717) is 12.5 Å². The monoisotopic (exact) mass is 396 g/mol. The van der Waals surface area contributed by atoms with Gasteiger partial charge in [-0.3, -0.25) is 4.79 Å². The lowest BCUT2D eigenvalue weighted by Crippen LogP contribution is -2.27. The number of amides is 1. The van der Waals surface area contributed by atoms with Gasteiger partial charge in [0, 0.05) is 34.8 Å². The predicted molar refractivity (Wildman–Crippen MR) is 111 cm³/mol. The number of carbonyl (C=O) groups excluding carboxylic acids is 1. The van der Waals surface area contributed by atoms with Gasteiger partial charge >= 0.3 is 0 Å². The molecule has 1 aliphatic carbocycles. The highest BCUT2D eigenvalue weighted by atomic mass is 35.5. The van der Waals surface area contributed by atoms with Crippen molar-refractivity contribution < 1.29 is 4.79 Å². The van der Waals surface area contributed by atoms with Crippen molar-refractivity contribution in [3.05, 3.63) is 75.8 Å². The van der Waals surface area contributed by atoms with Gasteiger partial charge in [-0.15, -0.1) is 11.3 Å². The van der Waals surface area contributed by atoms with Crippen LogP contribution in [0.1, 0.15) is 29.2 Å². The molecule has 1 aliphatic rings. The molecule has 0 spiro atoms. The zero-order valence-electron chi connectivity index (χ0n) is 15.1. The third-order valence-electron chi connectivity index (χ3n) is 4.93. The van der Waals surface area contributed by atoms with Gasteiger partial charge in [0.15, 0.2) is 0 Å². The molecule has 3 aromatic rings. The van der Waals surface area contributed by atoms with E-state index in [0.717, 1.165) is 39.7 Å². The standard InChI is InChI=1S/C22H21ClN2OS/c1-14-5-7-15(8-6-14)22-25-18(13-27-22)9-10-24-21(26)20-12-19(20)16-3-2-4-17(23)11-16/h2-8,11,13,19-20H,9-10,12H2,1H3,(H,24,26). The van der Waals surface area contributed by atoms with Crippen LogP contribution in [0.3, 0.4) is 0 Å². The van der Waals surface area contributed by atoms with Crippen LogP contribution >= 0.6 is 22.9 Å². The smallest absolute Gasteiger partial charge is 0.223 e. The van der Waals surface area contributed by atoms with Crippen molar-refractivity contribution >= 4 is 28.8 Å². The first-order chi connectivity index (χ1) is 13.1. The van der Waals surface area contributed by atoms with E-state index >= 15 is 0 Å². The fraction of sp³-hybridized carbons (Fsp3) is 0.273. The van der Waals surface area contributed by atoms with Crippen molar-refractivity contribution in [3.63, 3.8) is 0 Å². The Balaban J connectivity index is 1.27. The van der Waals surface area contributed by atoms with Crippen LogP contribution in [0, 0.1) is 12.8 Å². The number of nitrogens with one attached hydrogen (secondary N) is 1. The second-order valence-electron chi connectivity index (χ2n) is 7.05. The van der Waals surface area contributed by atoms with Gasteiger partial charge in [0.05, 0.1) is 5.69 Å². The Morgan fingerprint density at radius 3 is 2.85 bits per heavy atom. The van der Waals surface area contributed by atoms with Crippen LogP contribution in [0.2, 0.25) is 5.02 Å². The van der Waals surface area contributed by atoms with E-state index in [1.54, 1.807) is 11.3 Å². The number of halogens is 1. The highest BCUT2D eigenvalue weighted by Gasteiger charge is 2.43. The van der Waals surface area contributed by atoms with Crippen molar-refractivity contribution in [2.75, 3.05) is 6.54 Å². The quantitative estimate of drug-likeness (QED) is 0.619. The number of benzene rings is 2. The Kier molecular flexibility index (Phi) is 5.28. The zero-order chi connectivity index (χ0) is 18.8. The number of carbonyl (C=O) groups is 1. The molecule has 2 atom stereocenters. The minimum atomic E-state index is 0.0713. The Hall–Kier alpha value is -2.17. The molecular weight excluding hydrogens is 376 g/mol. The minimum absolute atomic E-state index is 0.0713. The van der Waals surface area contributed by atoms with Gasteiger partial charge in [-0.05, 0) is 37.0 Å². The summed E-state index contributed by atoms with van der Waals surface area (Å²) in [4.78, 5) is 17.1. The van der Waals surface area contributed by atoms with Gasteiger partial charge in [0.1, 0.15) is 5.01 Å². The Morgan fingerprint density at radius 1 is 1.26 bits per heavy atom. The molecule has 3 nitrogen and oxygen atoms in total. The minimum Gasteiger partial charge on any atom is -0.355 e. The van der Waals surface area contributed by atoms with Crippen molar-refractivity contribution in [3.8, 4) is 10.6 Å². The van der Waals surface area contributed by atoms with E-state index in [1.165, 1.54) is 5.56 Å². The first-order valence-electron chi connectivity index (χ1n) is 9.15. The van der Waals surface area contributed by atoms with Crippen LogP contribution in [-0.2, 0) is 11.2 Å². The van der Waals surface area contributed by atoms with Crippen LogP contribution in [0.15, 0.2) is 53.9 Å². The van der Waals surface area contributed by atoms with E-state index in [1.807, 2.05) is 24.3 Å². The van der Waals surface area contributed by atoms with Gasteiger partial charge in [-0.2, -0.15) is 0 Å². The number of rotatable bonds is 6. The maximum atomic E-state index is 12.4. The lowest BCUT2D eigenvalue weighted by molar-refractivity contribution is -0.122. The molecule has 0 radical (unpaired) electrons. The van der Waals surface area contributed by atoms with Crippen molar-refractivity contribution in [2.24, 2.45) is 5.92 Å². The van der Waals surface area contributed by atoms with Crippen LogP contribution in [-0.4, -0.2) is 17.4 Å². The summed E-state index contributed by atoms with van der Waals surface area (Å²) in [5, 5.41) is 6.89. The highest BCUT2D eigenvalue weighted by molar-refractivity contribution is 7.13. The molecule has 1 saturated carbocycles. The number of aryl methyl sites for hydroxylation is 1. The summed E-state index contributed by atoms with van der Waals surface area (Å²) in [7, 11) is 0. The van der Waals surface area contributed by atoms with E-state index in [9.17, 15) is 4.79 Å². The summed E-state index contributed by atoms with van der Waals surface area (Å²) in [5.41, 5.74) is 4.57. The number of thiazole rings is 1. The van der Waals surface area contributed by atoms with E-state index in [2.05, 4.69) is 41.9 Å². The number of aromatic nitrogens is 1. The molecule has 138 valence electrons. The number of hydrogen-bond donors (Lipinski definition) is 1. The molecule has 2 aromatic carbocycles. The van der Waals surface area contributed by atoms with E-state index < -0.39 is 0 Å². The molecule has 2 unspecified atom stereocenters. The summed E-state index contributed by atoms with van der Waals surface area (Å²) >= 11 is 7.69. The lowest BCUT2D eigenvalue weighted by Gasteiger charge is -2.04. The van der Waals surface area contributed by atoms with Crippen molar-refractivity contribution in [1.29, 1.82) is 0 Å². The molecule has 27 heavy (non-hydrogen) atoms. The van der Waals surface area contributed by atoms with Crippen LogP contribution in [0.5, 0.6) is 0 Å². The fourth-order valence-electron chi connectivity index (χ4n) is 3.29. The maximum Gasteiger partial charge on any atom is 0.223 e. The van der Waals surface area contributed by atoms with Crippen LogP contribution in [0.4, 0.5) is 0 Å². The third-order valence-corrected chi connectivity index (χ3v) is 6.11. The average molecular weight is 397 g/mol. The molecule has 0 bridgehead atoms. The average Bonchev–Trinajstić information content (AvgIpc) is 3.34. The summed E-state index contributed by atoms with van der Waals surface area (Å²) in [5.74, 6) is 0.507. The Morgan fingerprint density at radius 2 is 2.07 bits per heavy atom. The maximum absolute atomic E-state index is 12.4. The molecule has 0 aliphatic heterocycles.